The Labute approximate surface area is 200 Å². The Morgan fingerprint density at radius 3 is 2.31 bits per heavy atom. The Bertz CT molecular complexity index is 985. The summed E-state index contributed by atoms with van der Waals surface area (Å²) < 4.78 is 46.3. The average Bonchev–Trinajstić information content (AvgIpc) is 2.71. The molecule has 0 aromatic heterocycles. The van der Waals surface area contributed by atoms with Crippen LogP contribution in [0.1, 0.15) is 35.2 Å². The highest BCUT2D eigenvalue weighted by molar-refractivity contribution is 9.11. The number of methoxy groups -OCH3 is 1. The highest BCUT2D eigenvalue weighted by Crippen LogP contribution is 2.31. The molecule has 0 saturated heterocycles. The van der Waals surface area contributed by atoms with Crippen LogP contribution in [0.15, 0.2) is 57.9 Å². The molecule has 0 aliphatic heterocycles. The van der Waals surface area contributed by atoms with Crippen molar-refractivity contribution in [3.8, 4) is 0 Å². The van der Waals surface area contributed by atoms with Crippen molar-refractivity contribution in [2.45, 2.75) is 44.7 Å². The predicted octanol–water partition coefficient (Wildman–Crippen LogP) is 4.94. The number of sulfonamides is 1. The highest BCUT2D eigenvalue weighted by atomic mass is 79.9. The predicted molar refractivity (Wildman–Crippen MR) is 130 cm³/mol. The van der Waals surface area contributed by atoms with Crippen molar-refractivity contribution in [2.24, 2.45) is 0 Å². The molecule has 0 radical (unpaired) electrons. The van der Waals surface area contributed by atoms with Gasteiger partial charge in [0.15, 0.2) is 0 Å². The fraction of sp³-hybridized carbons (Fsp3) is 0.417. The number of hydrogen-bond donors (Lipinski definition) is 1. The first-order valence-electron chi connectivity index (χ1n) is 10.4. The number of rotatable bonds is 12. The van der Waals surface area contributed by atoms with E-state index >= 15 is 0 Å². The van der Waals surface area contributed by atoms with Gasteiger partial charge in [-0.25, -0.2) is 8.42 Å². The molecule has 0 amide bonds. The molecular formula is C24H32BrNO5S. The first-order chi connectivity index (χ1) is 15.2. The fourth-order valence-electron chi connectivity index (χ4n) is 3.46. The van der Waals surface area contributed by atoms with Crippen LogP contribution in [-0.2, 0) is 24.2 Å². The monoisotopic (exact) mass is 525 g/mol. The van der Waals surface area contributed by atoms with Gasteiger partial charge in [-0.3, -0.25) is 0 Å². The second-order valence-electron chi connectivity index (χ2n) is 7.64. The van der Waals surface area contributed by atoms with E-state index in [1.165, 1.54) is 0 Å². The zero-order valence-corrected chi connectivity index (χ0v) is 21.6. The van der Waals surface area contributed by atoms with Crippen molar-refractivity contribution in [3.63, 3.8) is 0 Å². The molecule has 32 heavy (non-hydrogen) atoms. The van der Waals surface area contributed by atoms with Crippen molar-refractivity contribution < 1.29 is 22.6 Å². The zero-order chi connectivity index (χ0) is 23.7. The zero-order valence-electron chi connectivity index (χ0n) is 19.2. The van der Waals surface area contributed by atoms with Crippen LogP contribution < -0.4 is 4.72 Å². The Kier molecular flexibility index (Phi) is 10.5. The third-order valence-corrected chi connectivity index (χ3v) is 7.24. The molecule has 0 aliphatic rings. The lowest BCUT2D eigenvalue weighted by molar-refractivity contribution is -0.0804. The number of nitrogens with one attached hydrogen (secondary N) is 1. The van der Waals surface area contributed by atoms with E-state index in [1.54, 1.807) is 7.11 Å². The van der Waals surface area contributed by atoms with Crippen molar-refractivity contribution in [2.75, 3.05) is 27.1 Å². The topological polar surface area (TPSA) is 73.9 Å². The van der Waals surface area contributed by atoms with Crippen LogP contribution >= 0.6 is 15.9 Å². The maximum Gasteiger partial charge on any atom is 0.241 e. The van der Waals surface area contributed by atoms with E-state index in [-0.39, 0.29) is 12.9 Å². The standard InChI is InChI=1S/C24H32BrNO5S/c1-17-13-18(2)24(19(3)14-17)32(27,28)26-23(21-9-7-6-8-10-21)22(25)15-20(4)31-16-30-12-11-29-5/h6-10,13-15,20,23,26H,11-12,16H2,1-5H3/b22-15+/t20-,23+/m0/s1. The molecule has 0 saturated carbocycles. The van der Waals surface area contributed by atoms with Gasteiger partial charge in [-0.2, -0.15) is 4.72 Å². The molecule has 6 nitrogen and oxygen atoms in total. The van der Waals surface area contributed by atoms with E-state index in [1.807, 2.05) is 76.2 Å². The fourth-order valence-corrected chi connectivity index (χ4v) is 6.02. The highest BCUT2D eigenvalue weighted by Gasteiger charge is 2.26. The maximum absolute atomic E-state index is 13.4. The summed E-state index contributed by atoms with van der Waals surface area (Å²) in [6.45, 7) is 8.50. The lowest BCUT2D eigenvalue weighted by Crippen LogP contribution is -2.30. The van der Waals surface area contributed by atoms with Gasteiger partial charge in [0, 0.05) is 11.6 Å². The third kappa shape index (κ3) is 7.79. The van der Waals surface area contributed by atoms with Crippen molar-refractivity contribution in [1.29, 1.82) is 0 Å². The minimum absolute atomic E-state index is 0.116. The molecule has 2 atom stereocenters. The number of benzene rings is 2. The van der Waals surface area contributed by atoms with Gasteiger partial charge in [-0.05, 0) is 50.5 Å². The smallest absolute Gasteiger partial charge is 0.241 e. The summed E-state index contributed by atoms with van der Waals surface area (Å²) in [6, 6.07) is 12.6. The normalized spacial score (nSPS) is 14.4. The van der Waals surface area contributed by atoms with E-state index in [4.69, 9.17) is 14.2 Å². The maximum atomic E-state index is 13.4. The van der Waals surface area contributed by atoms with Gasteiger partial charge in [0.25, 0.3) is 0 Å². The minimum Gasteiger partial charge on any atom is -0.382 e. The Morgan fingerprint density at radius 1 is 1.09 bits per heavy atom. The number of halogens is 1. The van der Waals surface area contributed by atoms with Gasteiger partial charge in [0.2, 0.25) is 10.0 Å². The SMILES string of the molecule is COCCOCO[C@@H](C)/C=C(/Br)[C@H](NS(=O)(=O)c1c(C)cc(C)cc1C)c1ccccc1. The molecule has 0 spiro atoms. The number of aryl methyl sites for hydroxylation is 3. The molecule has 2 rings (SSSR count). The summed E-state index contributed by atoms with van der Waals surface area (Å²) in [5.74, 6) is 0. The number of hydrogen-bond acceptors (Lipinski definition) is 5. The van der Waals surface area contributed by atoms with Gasteiger partial charge < -0.3 is 14.2 Å². The van der Waals surface area contributed by atoms with Gasteiger partial charge in [0.1, 0.15) is 6.79 Å². The largest absolute Gasteiger partial charge is 0.382 e. The Balaban J connectivity index is 2.28. The first-order valence-corrected chi connectivity index (χ1v) is 12.6. The van der Waals surface area contributed by atoms with Crippen LogP contribution in [0.2, 0.25) is 0 Å². The molecule has 2 aromatic rings. The van der Waals surface area contributed by atoms with E-state index in [9.17, 15) is 8.42 Å². The molecule has 0 unspecified atom stereocenters. The molecule has 1 N–H and O–H groups in total. The first kappa shape index (κ1) is 26.7. The van der Waals surface area contributed by atoms with Crippen LogP contribution in [0.4, 0.5) is 0 Å². The summed E-state index contributed by atoms with van der Waals surface area (Å²) in [5, 5.41) is 0. The van der Waals surface area contributed by atoms with Gasteiger partial charge >= 0.3 is 0 Å². The van der Waals surface area contributed by atoms with Crippen molar-refractivity contribution in [1.82, 2.24) is 4.72 Å². The molecule has 8 heteroatoms. The summed E-state index contributed by atoms with van der Waals surface area (Å²) >= 11 is 3.58. The van der Waals surface area contributed by atoms with Crippen molar-refractivity contribution >= 4 is 26.0 Å². The van der Waals surface area contributed by atoms with E-state index < -0.39 is 16.1 Å². The van der Waals surface area contributed by atoms with Crippen LogP contribution in [0, 0.1) is 20.8 Å². The summed E-state index contributed by atoms with van der Waals surface area (Å²) in [7, 11) is -2.19. The lowest BCUT2D eigenvalue weighted by atomic mass is 10.1. The average molecular weight is 526 g/mol. The van der Waals surface area contributed by atoms with Crippen molar-refractivity contribution in [3.05, 3.63) is 75.3 Å². The van der Waals surface area contributed by atoms with E-state index in [0.29, 0.717) is 33.7 Å². The van der Waals surface area contributed by atoms with Crippen LogP contribution in [0.5, 0.6) is 0 Å². The minimum atomic E-state index is -3.79. The molecule has 0 aliphatic carbocycles. The third-order valence-electron chi connectivity index (χ3n) is 4.80. The van der Waals surface area contributed by atoms with Gasteiger partial charge in [0.05, 0.1) is 30.3 Å². The van der Waals surface area contributed by atoms with Gasteiger partial charge in [-0.15, -0.1) is 0 Å². The van der Waals surface area contributed by atoms with Gasteiger partial charge in [-0.1, -0.05) is 64.0 Å². The van der Waals surface area contributed by atoms with E-state index in [2.05, 4.69) is 20.7 Å². The molecule has 176 valence electrons. The van der Waals surface area contributed by atoms with Crippen LogP contribution in [-0.4, -0.2) is 41.6 Å². The summed E-state index contributed by atoms with van der Waals surface area (Å²) in [4.78, 5) is 0.306. The lowest BCUT2D eigenvalue weighted by Gasteiger charge is -2.22. The number of ether oxygens (including phenoxy) is 3. The molecule has 0 bridgehead atoms. The quantitative estimate of drug-likeness (QED) is 0.314. The second-order valence-corrected chi connectivity index (χ2v) is 10.2. The molecule has 0 heterocycles. The summed E-state index contributed by atoms with van der Waals surface area (Å²) in [6.07, 6.45) is 1.53. The van der Waals surface area contributed by atoms with Crippen LogP contribution in [0.3, 0.4) is 0 Å². The summed E-state index contributed by atoms with van der Waals surface area (Å²) in [5.41, 5.74) is 3.27. The molecule has 0 fully saturated rings. The Hall–Kier alpha value is -1.55. The molecule has 2 aromatic carbocycles. The van der Waals surface area contributed by atoms with E-state index in [0.717, 1.165) is 11.1 Å². The molecular weight excluding hydrogens is 494 g/mol. The second kappa shape index (κ2) is 12.6. The van der Waals surface area contributed by atoms with Crippen LogP contribution in [0.25, 0.3) is 0 Å². The Morgan fingerprint density at radius 2 is 1.72 bits per heavy atom.